The molecule has 0 aliphatic carbocycles. The molecule has 268 valence electrons. The predicted molar refractivity (Wildman–Crippen MR) is 245 cm³/mol. The van der Waals surface area contributed by atoms with Gasteiger partial charge in [-0.1, -0.05) is 164 Å². The Labute approximate surface area is 335 Å². The van der Waals surface area contributed by atoms with Crippen molar-refractivity contribution in [2.75, 3.05) is 4.90 Å². The molecule has 2 heterocycles. The van der Waals surface area contributed by atoms with Gasteiger partial charge in [0.05, 0.1) is 22.4 Å². The first-order valence-electron chi connectivity index (χ1n) is 19.4. The molecule has 0 aliphatic rings. The molecule has 0 fully saturated rings. The number of anilines is 3. The Morgan fingerprint density at radius 2 is 0.965 bits per heavy atom. The third-order valence-corrected chi connectivity index (χ3v) is 12.4. The average molecular weight is 745 g/mol. The highest BCUT2D eigenvalue weighted by atomic mass is 32.1. The van der Waals surface area contributed by atoms with Gasteiger partial charge in [-0.3, -0.25) is 0 Å². The Morgan fingerprint density at radius 1 is 0.368 bits per heavy atom. The molecule has 0 amide bonds. The summed E-state index contributed by atoms with van der Waals surface area (Å²) in [6, 6.07) is 79.3. The highest BCUT2D eigenvalue weighted by Gasteiger charge is 2.23. The number of hydrogen-bond acceptors (Lipinski definition) is 2. The van der Waals surface area contributed by atoms with Crippen LogP contribution < -0.4 is 4.90 Å². The second kappa shape index (κ2) is 13.8. The molecule has 0 bridgehead atoms. The fraction of sp³-hybridized carbons (Fsp3) is 0. The highest BCUT2D eigenvalue weighted by molar-refractivity contribution is 7.26. The SMILES string of the molecule is c1ccc(-c2ccc(N(c3ccccc3)c3cccc4c3c3ccccc3n4-c3ccccc3-c3ccccc3)cc2-c2cccc3c2sc2ccccc23)cc1. The van der Waals surface area contributed by atoms with E-state index >= 15 is 0 Å². The van der Waals surface area contributed by atoms with Crippen molar-refractivity contribution in [1.29, 1.82) is 0 Å². The van der Waals surface area contributed by atoms with Gasteiger partial charge >= 0.3 is 0 Å². The lowest BCUT2D eigenvalue weighted by Gasteiger charge is -2.28. The smallest absolute Gasteiger partial charge is 0.0562 e. The summed E-state index contributed by atoms with van der Waals surface area (Å²) in [5.74, 6) is 0. The standard InChI is InChI=1S/C54H36N2S/c1-4-18-37(19-5-1)41-35-34-40(36-47(41)45-28-16-27-44-43-25-12-15-33-52(43)57-54(44)45)55(39-22-8-3-9-23-39)50-31-17-32-51-53(50)46-26-11-14-30-49(46)56(51)48-29-13-10-24-42(48)38-20-6-2-7-21-38/h1-36H. The minimum atomic E-state index is 1.10. The Balaban J connectivity index is 1.19. The van der Waals surface area contributed by atoms with Crippen molar-refractivity contribution in [3.8, 4) is 39.1 Å². The molecule has 0 atom stereocenters. The van der Waals surface area contributed by atoms with Crippen LogP contribution in [-0.4, -0.2) is 4.57 Å². The van der Waals surface area contributed by atoms with Gasteiger partial charge in [0.15, 0.2) is 0 Å². The Hall–Kier alpha value is -7.20. The zero-order chi connectivity index (χ0) is 37.7. The summed E-state index contributed by atoms with van der Waals surface area (Å²) >= 11 is 1.88. The van der Waals surface area contributed by atoms with Gasteiger partial charge in [0.2, 0.25) is 0 Å². The van der Waals surface area contributed by atoms with Crippen molar-refractivity contribution in [3.63, 3.8) is 0 Å². The molecule has 2 aromatic heterocycles. The minimum Gasteiger partial charge on any atom is -0.310 e. The van der Waals surface area contributed by atoms with E-state index in [1.807, 2.05) is 11.3 Å². The third-order valence-electron chi connectivity index (χ3n) is 11.2. The van der Waals surface area contributed by atoms with Gasteiger partial charge in [-0.05, 0) is 76.9 Å². The minimum absolute atomic E-state index is 1.10. The molecule has 2 nitrogen and oxygen atoms in total. The lowest BCUT2D eigenvalue weighted by Crippen LogP contribution is -2.10. The van der Waals surface area contributed by atoms with E-state index in [4.69, 9.17) is 0 Å². The van der Waals surface area contributed by atoms with E-state index in [0.29, 0.717) is 0 Å². The number of aromatic nitrogens is 1. The Morgan fingerprint density at radius 3 is 1.77 bits per heavy atom. The van der Waals surface area contributed by atoms with Gasteiger partial charge in [0.1, 0.15) is 0 Å². The van der Waals surface area contributed by atoms with E-state index < -0.39 is 0 Å². The molecule has 0 saturated carbocycles. The summed E-state index contributed by atoms with van der Waals surface area (Å²) in [5.41, 5.74) is 14.1. The number of hydrogen-bond donors (Lipinski definition) is 0. The van der Waals surface area contributed by atoms with Crippen molar-refractivity contribution in [2.45, 2.75) is 0 Å². The van der Waals surface area contributed by atoms with E-state index in [-0.39, 0.29) is 0 Å². The van der Waals surface area contributed by atoms with Crippen molar-refractivity contribution in [3.05, 3.63) is 218 Å². The van der Waals surface area contributed by atoms with Gasteiger partial charge in [0.25, 0.3) is 0 Å². The van der Waals surface area contributed by atoms with Crippen molar-refractivity contribution in [2.24, 2.45) is 0 Å². The molecule has 9 aromatic carbocycles. The first kappa shape index (κ1) is 33.2. The van der Waals surface area contributed by atoms with Gasteiger partial charge in [-0.25, -0.2) is 0 Å². The van der Waals surface area contributed by atoms with Gasteiger partial charge in [-0.2, -0.15) is 0 Å². The van der Waals surface area contributed by atoms with Crippen LogP contribution in [0.25, 0.3) is 81.0 Å². The number of nitrogens with zero attached hydrogens (tertiary/aromatic N) is 2. The topological polar surface area (TPSA) is 8.17 Å². The third kappa shape index (κ3) is 5.55. The number of para-hydroxylation sites is 3. The maximum Gasteiger partial charge on any atom is 0.0562 e. The summed E-state index contributed by atoms with van der Waals surface area (Å²) in [7, 11) is 0. The van der Waals surface area contributed by atoms with Crippen molar-refractivity contribution >= 4 is 70.4 Å². The molecule has 0 saturated heterocycles. The van der Waals surface area contributed by atoms with Crippen molar-refractivity contribution in [1.82, 2.24) is 4.57 Å². The summed E-state index contributed by atoms with van der Waals surface area (Å²) in [4.78, 5) is 2.45. The zero-order valence-corrected chi connectivity index (χ0v) is 31.9. The van der Waals surface area contributed by atoms with Crippen LogP contribution in [0.2, 0.25) is 0 Å². The van der Waals surface area contributed by atoms with E-state index in [1.165, 1.54) is 69.8 Å². The fourth-order valence-corrected chi connectivity index (χ4v) is 9.93. The molecule has 3 heteroatoms. The van der Waals surface area contributed by atoms with Crippen LogP contribution in [0, 0.1) is 0 Å². The lowest BCUT2D eigenvalue weighted by molar-refractivity contribution is 1.18. The Kier molecular flexibility index (Phi) is 8.04. The number of benzene rings is 9. The van der Waals surface area contributed by atoms with Gasteiger partial charge < -0.3 is 9.47 Å². The summed E-state index contributed by atoms with van der Waals surface area (Å²) in [5, 5.41) is 5.02. The van der Waals surface area contributed by atoms with E-state index in [0.717, 1.165) is 28.3 Å². The lowest BCUT2D eigenvalue weighted by atomic mass is 9.92. The molecule has 0 N–H and O–H groups in total. The van der Waals surface area contributed by atoms with Gasteiger partial charge in [0, 0.05) is 53.4 Å². The number of thiophene rings is 1. The van der Waals surface area contributed by atoms with Gasteiger partial charge in [-0.15, -0.1) is 11.3 Å². The molecule has 0 radical (unpaired) electrons. The first-order valence-corrected chi connectivity index (χ1v) is 20.3. The van der Waals surface area contributed by atoms with E-state index in [9.17, 15) is 0 Å². The summed E-state index contributed by atoms with van der Waals surface area (Å²) in [6.07, 6.45) is 0. The van der Waals surface area contributed by atoms with Crippen molar-refractivity contribution < 1.29 is 0 Å². The largest absolute Gasteiger partial charge is 0.310 e. The number of fused-ring (bicyclic) bond motifs is 6. The van der Waals surface area contributed by atoms with E-state index in [2.05, 4.69) is 228 Å². The molecule has 11 aromatic rings. The monoisotopic (exact) mass is 744 g/mol. The highest BCUT2D eigenvalue weighted by Crippen LogP contribution is 2.48. The molecular formula is C54H36N2S. The quantitative estimate of drug-likeness (QED) is 0.158. The Bertz CT molecular complexity index is 3230. The summed E-state index contributed by atoms with van der Waals surface area (Å²) in [6.45, 7) is 0. The molecular weight excluding hydrogens is 709 g/mol. The fourth-order valence-electron chi connectivity index (χ4n) is 8.70. The normalized spacial score (nSPS) is 11.5. The molecule has 0 aliphatic heterocycles. The van der Waals surface area contributed by atoms with Crippen LogP contribution >= 0.6 is 11.3 Å². The van der Waals surface area contributed by atoms with E-state index in [1.54, 1.807) is 0 Å². The second-order valence-corrected chi connectivity index (χ2v) is 15.5. The first-order chi connectivity index (χ1) is 28.3. The summed E-state index contributed by atoms with van der Waals surface area (Å²) < 4.78 is 5.06. The molecule has 0 spiro atoms. The predicted octanol–water partition coefficient (Wildman–Crippen LogP) is 15.6. The molecule has 57 heavy (non-hydrogen) atoms. The second-order valence-electron chi connectivity index (χ2n) is 14.5. The molecule has 0 unspecified atom stereocenters. The average Bonchev–Trinajstić information content (AvgIpc) is 3.84. The van der Waals surface area contributed by atoms with Crippen LogP contribution in [0.4, 0.5) is 17.1 Å². The maximum atomic E-state index is 2.45. The number of rotatable bonds is 7. The van der Waals surface area contributed by atoms with Crippen LogP contribution in [0.5, 0.6) is 0 Å². The van der Waals surface area contributed by atoms with Crippen LogP contribution in [0.3, 0.4) is 0 Å². The molecule has 11 rings (SSSR count). The van der Waals surface area contributed by atoms with Crippen LogP contribution in [0.15, 0.2) is 218 Å². The van der Waals surface area contributed by atoms with Crippen LogP contribution in [0.1, 0.15) is 0 Å². The van der Waals surface area contributed by atoms with Crippen LogP contribution in [-0.2, 0) is 0 Å². The maximum absolute atomic E-state index is 2.45. The zero-order valence-electron chi connectivity index (χ0n) is 31.1.